The zero-order valence-corrected chi connectivity index (χ0v) is 9.80. The van der Waals surface area contributed by atoms with E-state index >= 15 is 0 Å². The minimum absolute atomic E-state index is 0.00833. The van der Waals surface area contributed by atoms with E-state index in [1.54, 1.807) is 6.92 Å². The molecule has 0 aliphatic carbocycles. The number of aliphatic hydroxyl groups is 1. The van der Waals surface area contributed by atoms with Crippen molar-refractivity contribution in [2.75, 3.05) is 11.9 Å². The highest BCUT2D eigenvalue weighted by Gasteiger charge is 2.15. The summed E-state index contributed by atoms with van der Waals surface area (Å²) in [6.45, 7) is 1.66. The van der Waals surface area contributed by atoms with Crippen LogP contribution in [0.4, 0.5) is 18.7 Å². The topological polar surface area (TPSA) is 87.1 Å². The van der Waals surface area contributed by atoms with Gasteiger partial charge in [0, 0.05) is 12.6 Å². The van der Waals surface area contributed by atoms with Crippen molar-refractivity contribution in [1.29, 1.82) is 0 Å². The fourth-order valence-electron chi connectivity index (χ4n) is 0.996. The first-order chi connectivity index (χ1) is 8.02. The highest BCUT2D eigenvalue weighted by Crippen LogP contribution is 2.24. The number of hydrogen-bond donors (Lipinski definition) is 3. The lowest BCUT2D eigenvalue weighted by Gasteiger charge is -2.11. The monoisotopic (exact) mass is 266 g/mol. The number of halogens is 2. The Kier molecular flexibility index (Phi) is 5.16. The number of aliphatic hydroxyl groups excluding tert-OH is 1. The molecule has 9 heteroatoms. The number of rotatable bonds is 5. The van der Waals surface area contributed by atoms with E-state index in [2.05, 4.69) is 20.8 Å². The van der Waals surface area contributed by atoms with Crippen LogP contribution >= 0.6 is 11.3 Å². The molecule has 0 fully saturated rings. The molecule has 1 atom stereocenters. The number of nitrogens with one attached hydrogen (secondary N) is 2. The van der Waals surface area contributed by atoms with Crippen LogP contribution in [0.5, 0.6) is 0 Å². The van der Waals surface area contributed by atoms with Crippen molar-refractivity contribution < 1.29 is 18.7 Å². The van der Waals surface area contributed by atoms with Crippen LogP contribution in [0.1, 0.15) is 24.8 Å². The Morgan fingerprint density at radius 1 is 1.53 bits per heavy atom. The molecule has 6 nitrogen and oxygen atoms in total. The molecule has 0 aliphatic rings. The van der Waals surface area contributed by atoms with E-state index in [1.807, 2.05) is 0 Å². The van der Waals surface area contributed by atoms with E-state index in [4.69, 9.17) is 5.11 Å². The van der Waals surface area contributed by atoms with Gasteiger partial charge in [0.1, 0.15) is 0 Å². The number of alkyl halides is 2. The van der Waals surface area contributed by atoms with Gasteiger partial charge in [-0.2, -0.15) is 0 Å². The van der Waals surface area contributed by atoms with E-state index in [0.29, 0.717) is 17.8 Å². The van der Waals surface area contributed by atoms with Gasteiger partial charge in [-0.1, -0.05) is 11.3 Å². The van der Waals surface area contributed by atoms with Gasteiger partial charge in [0.15, 0.2) is 5.01 Å². The number of carbonyl (C=O) groups is 1. The molecular formula is C8H12F2N4O2S. The highest BCUT2D eigenvalue weighted by atomic mass is 32.1. The maximum absolute atomic E-state index is 12.2. The van der Waals surface area contributed by atoms with Crippen LogP contribution in [0.15, 0.2) is 0 Å². The Bertz CT molecular complexity index is 374. The number of amides is 2. The molecule has 0 aromatic carbocycles. The molecule has 17 heavy (non-hydrogen) atoms. The normalized spacial score (nSPS) is 12.5. The number of nitrogens with zero attached hydrogens (tertiary/aromatic N) is 2. The molecule has 1 heterocycles. The van der Waals surface area contributed by atoms with Crippen LogP contribution in [0, 0.1) is 0 Å². The van der Waals surface area contributed by atoms with Crippen LogP contribution in [-0.4, -0.2) is 34.0 Å². The van der Waals surface area contributed by atoms with Gasteiger partial charge >= 0.3 is 6.03 Å². The Labute approximate surface area is 100 Å². The minimum atomic E-state index is -2.69. The van der Waals surface area contributed by atoms with Crippen molar-refractivity contribution >= 4 is 22.5 Å². The second kappa shape index (κ2) is 6.40. The third kappa shape index (κ3) is 4.57. The first-order valence-corrected chi connectivity index (χ1v) is 5.64. The molecule has 96 valence electrons. The SMILES string of the molecule is C[C@H](CCO)NC(=O)Nc1nnc(C(F)F)s1. The van der Waals surface area contributed by atoms with Gasteiger partial charge in [-0.3, -0.25) is 5.32 Å². The Hall–Kier alpha value is -1.35. The summed E-state index contributed by atoms with van der Waals surface area (Å²) in [6.07, 6.45) is -2.29. The molecule has 0 unspecified atom stereocenters. The molecule has 0 bridgehead atoms. The Balaban J connectivity index is 2.44. The van der Waals surface area contributed by atoms with E-state index in [-0.39, 0.29) is 17.8 Å². The zero-order valence-electron chi connectivity index (χ0n) is 8.98. The number of hydrogen-bond acceptors (Lipinski definition) is 5. The van der Waals surface area contributed by atoms with E-state index in [1.165, 1.54) is 0 Å². The molecule has 0 saturated carbocycles. The lowest BCUT2D eigenvalue weighted by molar-refractivity contribution is 0.150. The summed E-state index contributed by atoms with van der Waals surface area (Å²) < 4.78 is 24.4. The average Bonchev–Trinajstić information content (AvgIpc) is 2.66. The summed E-state index contributed by atoms with van der Waals surface area (Å²) in [5.41, 5.74) is 0. The molecule has 3 N–H and O–H groups in total. The molecule has 0 radical (unpaired) electrons. The zero-order chi connectivity index (χ0) is 12.8. The van der Waals surface area contributed by atoms with Crippen LogP contribution in [0.25, 0.3) is 0 Å². The van der Waals surface area contributed by atoms with Crippen molar-refractivity contribution in [3.8, 4) is 0 Å². The summed E-state index contributed by atoms with van der Waals surface area (Å²) in [5.74, 6) is 0. The predicted molar refractivity (Wildman–Crippen MR) is 58.2 cm³/mol. The average molecular weight is 266 g/mol. The Morgan fingerprint density at radius 2 is 2.24 bits per heavy atom. The number of carbonyl (C=O) groups excluding carboxylic acids is 1. The summed E-state index contributed by atoms with van der Waals surface area (Å²) in [4.78, 5) is 11.3. The fourth-order valence-corrected chi connectivity index (χ4v) is 1.59. The van der Waals surface area contributed by atoms with Crippen LogP contribution in [0.2, 0.25) is 0 Å². The number of aromatic nitrogens is 2. The second-order valence-electron chi connectivity index (χ2n) is 3.26. The first kappa shape index (κ1) is 13.7. The molecule has 0 aliphatic heterocycles. The molecule has 0 saturated heterocycles. The van der Waals surface area contributed by atoms with Gasteiger partial charge in [0.2, 0.25) is 5.13 Å². The molecule has 2 amide bonds. The molecule has 1 aromatic heterocycles. The smallest absolute Gasteiger partial charge is 0.321 e. The van der Waals surface area contributed by atoms with Crippen LogP contribution in [-0.2, 0) is 0 Å². The third-order valence-corrected chi connectivity index (χ3v) is 2.63. The molecule has 1 rings (SSSR count). The summed E-state index contributed by atoms with van der Waals surface area (Å²) in [5, 5.41) is 19.6. The number of anilines is 1. The van der Waals surface area contributed by atoms with Crippen LogP contribution in [0.3, 0.4) is 0 Å². The van der Waals surface area contributed by atoms with Gasteiger partial charge < -0.3 is 10.4 Å². The molecule has 1 aromatic rings. The lowest BCUT2D eigenvalue weighted by atomic mass is 10.2. The predicted octanol–water partition coefficient (Wildman–Crippen LogP) is 1.37. The van der Waals surface area contributed by atoms with Gasteiger partial charge in [0.25, 0.3) is 6.43 Å². The van der Waals surface area contributed by atoms with Gasteiger partial charge in [-0.15, -0.1) is 10.2 Å². The van der Waals surface area contributed by atoms with E-state index in [0.717, 1.165) is 0 Å². The second-order valence-corrected chi connectivity index (χ2v) is 4.27. The highest BCUT2D eigenvalue weighted by molar-refractivity contribution is 7.15. The van der Waals surface area contributed by atoms with E-state index < -0.39 is 17.5 Å². The van der Waals surface area contributed by atoms with Gasteiger partial charge in [-0.05, 0) is 13.3 Å². The van der Waals surface area contributed by atoms with Crippen molar-refractivity contribution in [3.63, 3.8) is 0 Å². The maximum atomic E-state index is 12.2. The van der Waals surface area contributed by atoms with Gasteiger partial charge in [-0.25, -0.2) is 13.6 Å². The summed E-state index contributed by atoms with van der Waals surface area (Å²) >= 11 is 0.616. The summed E-state index contributed by atoms with van der Waals surface area (Å²) in [6, 6.07) is -0.787. The largest absolute Gasteiger partial charge is 0.396 e. The molecule has 0 spiro atoms. The van der Waals surface area contributed by atoms with E-state index in [9.17, 15) is 13.6 Å². The number of urea groups is 1. The minimum Gasteiger partial charge on any atom is -0.396 e. The van der Waals surface area contributed by atoms with Crippen molar-refractivity contribution in [2.45, 2.75) is 25.8 Å². The maximum Gasteiger partial charge on any atom is 0.321 e. The molecular weight excluding hydrogens is 254 g/mol. The van der Waals surface area contributed by atoms with Crippen molar-refractivity contribution in [1.82, 2.24) is 15.5 Å². The van der Waals surface area contributed by atoms with Gasteiger partial charge in [0.05, 0.1) is 0 Å². The summed E-state index contributed by atoms with van der Waals surface area (Å²) in [7, 11) is 0. The Morgan fingerprint density at radius 3 is 2.76 bits per heavy atom. The van der Waals surface area contributed by atoms with Crippen molar-refractivity contribution in [2.24, 2.45) is 0 Å². The third-order valence-electron chi connectivity index (χ3n) is 1.79. The van der Waals surface area contributed by atoms with Crippen LogP contribution < -0.4 is 10.6 Å². The standard InChI is InChI=1S/C8H12F2N4O2S/c1-4(2-3-15)11-7(16)12-8-14-13-6(17-8)5(9)10/h4-5,15H,2-3H2,1H3,(H2,11,12,14,16)/t4-/m1/s1. The van der Waals surface area contributed by atoms with Crippen molar-refractivity contribution in [3.05, 3.63) is 5.01 Å². The quantitative estimate of drug-likeness (QED) is 0.751. The fraction of sp³-hybridized carbons (Fsp3) is 0.625. The lowest BCUT2D eigenvalue weighted by Crippen LogP contribution is -2.36. The first-order valence-electron chi connectivity index (χ1n) is 4.83.